The molecule has 0 bridgehead atoms. The maximum Gasteiger partial charge on any atom is 0.0468 e. The minimum Gasteiger partial charge on any atom is -0.310 e. The number of hydrogen-bond acceptors (Lipinski definition) is 2. The second-order valence-electron chi connectivity index (χ2n) is 13.7. The molecular formula is C50H31NS. The molecule has 1 heterocycles. The average molecular weight is 678 g/mol. The van der Waals surface area contributed by atoms with Gasteiger partial charge in [-0.05, 0) is 114 Å². The molecule has 1 nitrogen and oxygen atoms in total. The molecule has 1 aromatic heterocycles. The molecule has 0 unspecified atom stereocenters. The number of rotatable bonds is 4. The van der Waals surface area contributed by atoms with Gasteiger partial charge >= 0.3 is 0 Å². The molecule has 0 amide bonds. The van der Waals surface area contributed by atoms with Crippen molar-refractivity contribution in [3.05, 3.63) is 188 Å². The zero-order valence-electron chi connectivity index (χ0n) is 28.3. The summed E-state index contributed by atoms with van der Waals surface area (Å²) in [6.45, 7) is 0. The monoisotopic (exact) mass is 677 g/mol. The third-order valence-electron chi connectivity index (χ3n) is 10.8. The lowest BCUT2D eigenvalue weighted by Gasteiger charge is -2.26. The standard InChI is InChI=1S/C50H31NS/c1-3-11-40-32(9-1)17-18-35-29-38(24-27-42(35)40)51(39-25-28-43-36(30-39)21-26-47-46-15-7-8-16-49(46)52-50(43)47)37-22-19-33(20-23-37)48-31-34-10-2-4-12-41(34)44-13-5-6-14-45(44)48/h1-31H. The zero-order valence-corrected chi connectivity index (χ0v) is 29.1. The Morgan fingerprint density at radius 1 is 0.308 bits per heavy atom. The number of anilines is 3. The highest BCUT2D eigenvalue weighted by molar-refractivity contribution is 7.26. The summed E-state index contributed by atoms with van der Waals surface area (Å²) >= 11 is 1.89. The molecule has 10 aromatic carbocycles. The number of hydrogen-bond donors (Lipinski definition) is 0. The van der Waals surface area contributed by atoms with Crippen molar-refractivity contribution in [2.45, 2.75) is 0 Å². The first-order chi connectivity index (χ1) is 25.8. The van der Waals surface area contributed by atoms with Gasteiger partial charge in [0.05, 0.1) is 0 Å². The average Bonchev–Trinajstić information content (AvgIpc) is 3.60. The van der Waals surface area contributed by atoms with Crippen molar-refractivity contribution in [1.82, 2.24) is 0 Å². The third-order valence-corrected chi connectivity index (χ3v) is 12.0. The molecule has 0 saturated heterocycles. The van der Waals surface area contributed by atoms with E-state index in [0.29, 0.717) is 0 Å². The first-order valence-electron chi connectivity index (χ1n) is 17.8. The fourth-order valence-corrected chi connectivity index (χ4v) is 9.55. The SMILES string of the molecule is c1ccc2c(c1)ccc1cc(N(c3ccc(-c4cc5ccccc5c5ccccc45)cc3)c3ccc4c(ccc5c6ccccc6sc45)c3)ccc12. The second kappa shape index (κ2) is 11.5. The topological polar surface area (TPSA) is 3.24 Å². The van der Waals surface area contributed by atoms with Crippen LogP contribution < -0.4 is 4.90 Å². The van der Waals surface area contributed by atoms with E-state index in [1.807, 2.05) is 11.3 Å². The second-order valence-corrected chi connectivity index (χ2v) is 14.8. The molecule has 0 aliphatic carbocycles. The highest BCUT2D eigenvalue weighted by Crippen LogP contribution is 2.43. The summed E-state index contributed by atoms with van der Waals surface area (Å²) < 4.78 is 2.68. The lowest BCUT2D eigenvalue weighted by atomic mass is 9.93. The molecule has 0 aliphatic rings. The van der Waals surface area contributed by atoms with Crippen molar-refractivity contribution < 1.29 is 0 Å². The van der Waals surface area contributed by atoms with Crippen LogP contribution in [0.1, 0.15) is 0 Å². The van der Waals surface area contributed by atoms with Crippen molar-refractivity contribution in [2.24, 2.45) is 0 Å². The Kier molecular flexibility index (Phi) is 6.49. The molecule has 11 aromatic rings. The molecular weight excluding hydrogens is 647 g/mol. The Morgan fingerprint density at radius 2 is 0.808 bits per heavy atom. The summed E-state index contributed by atoms with van der Waals surface area (Å²) in [6.07, 6.45) is 0. The minimum absolute atomic E-state index is 1.12. The van der Waals surface area contributed by atoms with Gasteiger partial charge in [0.25, 0.3) is 0 Å². The van der Waals surface area contributed by atoms with Crippen LogP contribution in [0, 0.1) is 0 Å². The van der Waals surface area contributed by atoms with E-state index in [2.05, 4.69) is 193 Å². The number of fused-ring (bicyclic) bond motifs is 11. The Bertz CT molecular complexity index is 3190. The van der Waals surface area contributed by atoms with E-state index < -0.39 is 0 Å². The van der Waals surface area contributed by atoms with Crippen LogP contribution in [0.4, 0.5) is 17.1 Å². The van der Waals surface area contributed by atoms with Crippen LogP contribution >= 0.6 is 11.3 Å². The van der Waals surface area contributed by atoms with Gasteiger partial charge in [-0.3, -0.25) is 0 Å². The molecule has 242 valence electrons. The highest BCUT2D eigenvalue weighted by Gasteiger charge is 2.17. The predicted molar refractivity (Wildman–Crippen MR) is 227 cm³/mol. The zero-order chi connectivity index (χ0) is 34.2. The van der Waals surface area contributed by atoms with Gasteiger partial charge in [0.15, 0.2) is 0 Å². The van der Waals surface area contributed by atoms with Crippen LogP contribution in [0.2, 0.25) is 0 Å². The van der Waals surface area contributed by atoms with Gasteiger partial charge in [0.2, 0.25) is 0 Å². The third kappa shape index (κ3) is 4.55. The van der Waals surface area contributed by atoms with Gasteiger partial charge in [-0.15, -0.1) is 11.3 Å². The minimum atomic E-state index is 1.12. The molecule has 2 heteroatoms. The van der Waals surface area contributed by atoms with Crippen LogP contribution in [0.5, 0.6) is 0 Å². The largest absolute Gasteiger partial charge is 0.310 e. The van der Waals surface area contributed by atoms with Crippen LogP contribution in [0.15, 0.2) is 188 Å². The van der Waals surface area contributed by atoms with Crippen molar-refractivity contribution >= 4 is 102 Å². The fourth-order valence-electron chi connectivity index (χ4n) is 8.31. The van der Waals surface area contributed by atoms with Crippen molar-refractivity contribution in [3.63, 3.8) is 0 Å². The number of nitrogens with zero attached hydrogens (tertiary/aromatic N) is 1. The first kappa shape index (κ1) is 29.3. The first-order valence-corrected chi connectivity index (χ1v) is 18.7. The van der Waals surface area contributed by atoms with E-state index in [1.165, 1.54) is 85.2 Å². The molecule has 0 saturated carbocycles. The Hall–Kier alpha value is -6.48. The number of benzene rings is 10. The van der Waals surface area contributed by atoms with Gasteiger partial charge in [-0.25, -0.2) is 0 Å². The summed E-state index contributed by atoms with van der Waals surface area (Å²) in [5.74, 6) is 0. The summed E-state index contributed by atoms with van der Waals surface area (Å²) in [6, 6.07) is 69.3. The fraction of sp³-hybridized carbons (Fsp3) is 0. The van der Waals surface area contributed by atoms with E-state index in [9.17, 15) is 0 Å². The molecule has 0 fully saturated rings. The maximum atomic E-state index is 2.41. The van der Waals surface area contributed by atoms with Crippen LogP contribution in [0.25, 0.3) is 85.2 Å². The lowest BCUT2D eigenvalue weighted by molar-refractivity contribution is 1.30. The van der Waals surface area contributed by atoms with Gasteiger partial charge in [0, 0.05) is 37.2 Å². The van der Waals surface area contributed by atoms with E-state index in [0.717, 1.165) is 17.1 Å². The maximum absolute atomic E-state index is 2.41. The molecule has 0 N–H and O–H groups in total. The van der Waals surface area contributed by atoms with Crippen molar-refractivity contribution in [1.29, 1.82) is 0 Å². The van der Waals surface area contributed by atoms with Crippen LogP contribution in [-0.4, -0.2) is 0 Å². The van der Waals surface area contributed by atoms with Crippen molar-refractivity contribution in [3.8, 4) is 11.1 Å². The van der Waals surface area contributed by atoms with Crippen LogP contribution in [-0.2, 0) is 0 Å². The van der Waals surface area contributed by atoms with Gasteiger partial charge in [-0.2, -0.15) is 0 Å². The van der Waals surface area contributed by atoms with E-state index in [4.69, 9.17) is 0 Å². The van der Waals surface area contributed by atoms with Gasteiger partial charge < -0.3 is 4.90 Å². The molecule has 0 aliphatic heterocycles. The predicted octanol–water partition coefficient (Wildman–Crippen LogP) is 15.0. The van der Waals surface area contributed by atoms with Crippen molar-refractivity contribution in [2.75, 3.05) is 4.90 Å². The Balaban J connectivity index is 1.09. The smallest absolute Gasteiger partial charge is 0.0468 e. The molecule has 0 spiro atoms. The quantitative estimate of drug-likeness (QED) is 0.168. The van der Waals surface area contributed by atoms with Crippen LogP contribution in [0.3, 0.4) is 0 Å². The lowest BCUT2D eigenvalue weighted by Crippen LogP contribution is -2.10. The normalized spacial score (nSPS) is 11.8. The molecule has 52 heavy (non-hydrogen) atoms. The molecule has 11 rings (SSSR count). The molecule has 0 radical (unpaired) electrons. The van der Waals surface area contributed by atoms with E-state index in [-0.39, 0.29) is 0 Å². The van der Waals surface area contributed by atoms with E-state index >= 15 is 0 Å². The molecule has 0 atom stereocenters. The van der Waals surface area contributed by atoms with Gasteiger partial charge in [-0.1, -0.05) is 140 Å². The Labute approximate surface area is 305 Å². The van der Waals surface area contributed by atoms with Gasteiger partial charge in [0.1, 0.15) is 0 Å². The van der Waals surface area contributed by atoms with E-state index in [1.54, 1.807) is 0 Å². The summed E-state index contributed by atoms with van der Waals surface area (Å²) in [5, 5.41) is 15.4. The highest BCUT2D eigenvalue weighted by atomic mass is 32.1. The number of thiophene rings is 1. The summed E-state index contributed by atoms with van der Waals surface area (Å²) in [5.41, 5.74) is 5.85. The summed E-state index contributed by atoms with van der Waals surface area (Å²) in [4.78, 5) is 2.41. The Morgan fingerprint density at radius 3 is 1.60 bits per heavy atom. The summed E-state index contributed by atoms with van der Waals surface area (Å²) in [7, 11) is 0.